The monoisotopic (exact) mass is 409 g/mol. The summed E-state index contributed by atoms with van der Waals surface area (Å²) in [4.78, 5) is 14.8. The molecule has 1 amide bonds. The molecule has 0 bridgehead atoms. The molecule has 0 saturated heterocycles. The van der Waals surface area contributed by atoms with Crippen LogP contribution in [0.3, 0.4) is 0 Å². The van der Waals surface area contributed by atoms with Crippen molar-refractivity contribution in [2.75, 3.05) is 11.4 Å². The Morgan fingerprint density at radius 1 is 1.06 bits per heavy atom. The van der Waals surface area contributed by atoms with E-state index in [-0.39, 0.29) is 18.0 Å². The highest BCUT2D eigenvalue weighted by Gasteiger charge is 2.29. The third kappa shape index (κ3) is 4.52. The maximum Gasteiger partial charge on any atom is 0.258 e. The summed E-state index contributed by atoms with van der Waals surface area (Å²) in [6.45, 7) is 4.95. The quantitative estimate of drug-likeness (QED) is 0.620. The number of hydrogen-bond donors (Lipinski definition) is 1. The summed E-state index contributed by atoms with van der Waals surface area (Å²) in [5.41, 5.74) is 5.48. The summed E-state index contributed by atoms with van der Waals surface area (Å²) in [5.74, 6) is -0.0460. The van der Waals surface area contributed by atoms with E-state index in [0.29, 0.717) is 17.7 Å². The van der Waals surface area contributed by atoms with Gasteiger partial charge in [0.1, 0.15) is 6.07 Å². The van der Waals surface area contributed by atoms with Crippen LogP contribution in [0.1, 0.15) is 52.5 Å². The fourth-order valence-corrected chi connectivity index (χ4v) is 4.43. The van der Waals surface area contributed by atoms with Crippen LogP contribution < -0.4 is 10.2 Å². The van der Waals surface area contributed by atoms with Crippen molar-refractivity contribution in [3.63, 3.8) is 0 Å². The summed E-state index contributed by atoms with van der Waals surface area (Å²) >= 11 is 0. The molecule has 3 aromatic carbocycles. The highest BCUT2D eigenvalue weighted by Crippen LogP contribution is 2.34. The SMILES string of the molecule is CC(Cc1cc(C#N)c2c(c1)CCN2C(=O)c1ccccc1)NC(C)c1ccccc1. The highest BCUT2D eigenvalue weighted by atomic mass is 16.2. The molecular weight excluding hydrogens is 382 g/mol. The third-order valence-corrected chi connectivity index (χ3v) is 5.89. The minimum Gasteiger partial charge on any atom is -0.307 e. The van der Waals surface area contributed by atoms with Crippen LogP contribution in [0.25, 0.3) is 0 Å². The Morgan fingerprint density at radius 3 is 2.42 bits per heavy atom. The second kappa shape index (κ2) is 9.16. The van der Waals surface area contributed by atoms with Gasteiger partial charge in [-0.1, -0.05) is 54.6 Å². The van der Waals surface area contributed by atoms with Crippen LogP contribution in [-0.4, -0.2) is 18.5 Å². The number of nitriles is 1. The lowest BCUT2D eigenvalue weighted by atomic mass is 9.98. The maximum atomic E-state index is 13.0. The first-order valence-electron chi connectivity index (χ1n) is 10.8. The van der Waals surface area contributed by atoms with Crippen LogP contribution in [0.5, 0.6) is 0 Å². The van der Waals surface area contributed by atoms with Gasteiger partial charge >= 0.3 is 0 Å². The summed E-state index contributed by atoms with van der Waals surface area (Å²) in [6, 6.07) is 26.6. The van der Waals surface area contributed by atoms with E-state index in [1.165, 1.54) is 5.56 Å². The molecule has 0 radical (unpaired) electrons. The van der Waals surface area contributed by atoms with Crippen LogP contribution in [-0.2, 0) is 12.8 Å². The molecule has 1 aliphatic rings. The number of rotatable bonds is 6. The first-order chi connectivity index (χ1) is 15.1. The van der Waals surface area contributed by atoms with E-state index in [9.17, 15) is 10.1 Å². The zero-order valence-electron chi connectivity index (χ0n) is 18.0. The highest BCUT2D eigenvalue weighted by molar-refractivity contribution is 6.08. The van der Waals surface area contributed by atoms with Gasteiger partial charge in [-0.3, -0.25) is 4.79 Å². The van der Waals surface area contributed by atoms with Gasteiger partial charge in [0.25, 0.3) is 5.91 Å². The molecule has 0 saturated carbocycles. The molecule has 0 spiro atoms. The molecule has 0 aliphatic carbocycles. The Kier molecular flexibility index (Phi) is 6.16. The molecule has 2 unspecified atom stereocenters. The number of nitrogens with one attached hydrogen (secondary N) is 1. The molecule has 2 atom stereocenters. The zero-order valence-corrected chi connectivity index (χ0v) is 18.0. The average Bonchev–Trinajstić information content (AvgIpc) is 3.23. The maximum absolute atomic E-state index is 13.0. The van der Waals surface area contributed by atoms with Gasteiger partial charge in [0.05, 0.1) is 11.3 Å². The van der Waals surface area contributed by atoms with Crippen LogP contribution >= 0.6 is 0 Å². The summed E-state index contributed by atoms with van der Waals surface area (Å²) in [6.07, 6.45) is 1.60. The van der Waals surface area contributed by atoms with Crippen LogP contribution in [0.2, 0.25) is 0 Å². The largest absolute Gasteiger partial charge is 0.307 e. The Labute approximate surface area is 184 Å². The molecule has 1 N–H and O–H groups in total. The number of fused-ring (bicyclic) bond motifs is 1. The van der Waals surface area contributed by atoms with Gasteiger partial charge in [0, 0.05) is 24.2 Å². The fraction of sp³-hybridized carbons (Fsp3) is 0.259. The standard InChI is InChI=1S/C27H27N3O/c1-19(29-20(2)22-9-5-3-6-10-22)15-21-16-24-13-14-30(26(24)25(17-21)18-28)27(31)23-11-7-4-8-12-23/h3-12,16-17,19-20,29H,13-15H2,1-2H3. The van der Waals surface area contributed by atoms with Gasteiger partial charge < -0.3 is 10.2 Å². The van der Waals surface area contributed by atoms with Crippen molar-refractivity contribution in [1.29, 1.82) is 5.26 Å². The fourth-order valence-electron chi connectivity index (χ4n) is 4.43. The molecule has 1 aliphatic heterocycles. The van der Waals surface area contributed by atoms with E-state index in [2.05, 4.69) is 55.6 Å². The smallest absolute Gasteiger partial charge is 0.258 e. The number of hydrogen-bond acceptors (Lipinski definition) is 3. The van der Waals surface area contributed by atoms with Gasteiger partial charge in [-0.25, -0.2) is 0 Å². The van der Waals surface area contributed by atoms with E-state index >= 15 is 0 Å². The Balaban J connectivity index is 1.52. The van der Waals surface area contributed by atoms with Crippen molar-refractivity contribution in [3.05, 3.63) is 101 Å². The second-order valence-corrected chi connectivity index (χ2v) is 8.24. The van der Waals surface area contributed by atoms with Crippen molar-refractivity contribution in [3.8, 4) is 6.07 Å². The van der Waals surface area contributed by atoms with Gasteiger partial charge in [-0.15, -0.1) is 0 Å². The molecule has 4 nitrogen and oxygen atoms in total. The molecule has 0 fully saturated rings. The molecule has 31 heavy (non-hydrogen) atoms. The minimum atomic E-state index is -0.0460. The van der Waals surface area contributed by atoms with Gasteiger partial charge in [0.2, 0.25) is 0 Å². The van der Waals surface area contributed by atoms with E-state index in [4.69, 9.17) is 0 Å². The van der Waals surface area contributed by atoms with E-state index in [1.807, 2.05) is 42.5 Å². The lowest BCUT2D eigenvalue weighted by Crippen LogP contribution is -2.31. The molecule has 3 aromatic rings. The molecule has 0 aromatic heterocycles. The van der Waals surface area contributed by atoms with Gasteiger partial charge in [-0.2, -0.15) is 5.26 Å². The van der Waals surface area contributed by atoms with Gasteiger partial charge in [0.15, 0.2) is 0 Å². The normalized spacial score (nSPS) is 14.5. The van der Waals surface area contributed by atoms with Crippen molar-refractivity contribution in [2.24, 2.45) is 0 Å². The number of anilines is 1. The number of carbonyl (C=O) groups excluding carboxylic acids is 1. The number of carbonyl (C=O) groups is 1. The Bertz CT molecular complexity index is 1100. The van der Waals surface area contributed by atoms with E-state index in [1.54, 1.807) is 4.90 Å². The van der Waals surface area contributed by atoms with E-state index in [0.717, 1.165) is 29.7 Å². The number of benzene rings is 3. The van der Waals surface area contributed by atoms with Crippen molar-refractivity contribution in [1.82, 2.24) is 5.32 Å². The first-order valence-corrected chi connectivity index (χ1v) is 10.8. The topological polar surface area (TPSA) is 56.1 Å². The summed E-state index contributed by atoms with van der Waals surface area (Å²) < 4.78 is 0. The van der Waals surface area contributed by atoms with Crippen molar-refractivity contribution >= 4 is 11.6 Å². The van der Waals surface area contributed by atoms with Crippen LogP contribution in [0, 0.1) is 11.3 Å². The average molecular weight is 410 g/mol. The van der Waals surface area contributed by atoms with Crippen LogP contribution in [0.4, 0.5) is 5.69 Å². The molecular formula is C27H27N3O. The van der Waals surface area contributed by atoms with Crippen molar-refractivity contribution < 1.29 is 4.79 Å². The Hall–Kier alpha value is -3.42. The minimum absolute atomic E-state index is 0.0460. The number of nitrogens with zero attached hydrogens (tertiary/aromatic N) is 2. The van der Waals surface area contributed by atoms with Gasteiger partial charge in [-0.05, 0) is 61.6 Å². The van der Waals surface area contributed by atoms with Crippen molar-refractivity contribution in [2.45, 2.75) is 38.8 Å². The molecule has 4 rings (SSSR count). The predicted molar refractivity (Wildman–Crippen MR) is 124 cm³/mol. The third-order valence-electron chi connectivity index (χ3n) is 5.89. The zero-order chi connectivity index (χ0) is 21.8. The van der Waals surface area contributed by atoms with Crippen LogP contribution in [0.15, 0.2) is 72.8 Å². The summed E-state index contributed by atoms with van der Waals surface area (Å²) in [5, 5.41) is 13.5. The van der Waals surface area contributed by atoms with E-state index < -0.39 is 0 Å². The second-order valence-electron chi connectivity index (χ2n) is 8.24. The first kappa shape index (κ1) is 20.8. The summed E-state index contributed by atoms with van der Waals surface area (Å²) in [7, 11) is 0. The molecule has 1 heterocycles. The predicted octanol–water partition coefficient (Wildman–Crippen LogP) is 5.04. The lowest BCUT2D eigenvalue weighted by Gasteiger charge is -2.22. The molecule has 156 valence electrons. The lowest BCUT2D eigenvalue weighted by molar-refractivity contribution is 0.0989. The number of amides is 1. The Morgan fingerprint density at radius 2 is 1.74 bits per heavy atom. The molecule has 4 heteroatoms.